The lowest BCUT2D eigenvalue weighted by atomic mass is 9.80. The van der Waals surface area contributed by atoms with Gasteiger partial charge in [-0.1, -0.05) is 30.3 Å². The molecule has 2 aliphatic heterocycles. The van der Waals surface area contributed by atoms with Gasteiger partial charge >= 0.3 is 0 Å². The van der Waals surface area contributed by atoms with E-state index < -0.39 is 0 Å². The summed E-state index contributed by atoms with van der Waals surface area (Å²) >= 11 is 0. The minimum absolute atomic E-state index is 0.0504. The molecule has 1 atom stereocenters. The summed E-state index contributed by atoms with van der Waals surface area (Å²) in [6.07, 6.45) is 3.06. The number of aromatic nitrogens is 2. The molecular weight excluding hydrogens is 262 g/mol. The van der Waals surface area contributed by atoms with Crippen LogP contribution in [0, 0.1) is 0 Å². The molecule has 1 saturated heterocycles. The summed E-state index contributed by atoms with van der Waals surface area (Å²) < 4.78 is 5.82. The Balaban J connectivity index is 1.81. The van der Waals surface area contributed by atoms with Crippen LogP contribution in [0.2, 0.25) is 0 Å². The molecule has 3 heterocycles. The molecule has 4 nitrogen and oxygen atoms in total. The number of hydrogen-bond acceptors (Lipinski definition) is 4. The standard InChI is InChI=1S/C17H19N3O/c1-20-8-7-17(11-20)12-21-10-14-9-18-16(19-15(14)17)13-5-3-2-4-6-13/h2-6,9H,7-8,10-12H2,1H3. The molecule has 4 rings (SSSR count). The van der Waals surface area contributed by atoms with Crippen LogP contribution >= 0.6 is 0 Å². The van der Waals surface area contributed by atoms with Gasteiger partial charge in [-0.15, -0.1) is 0 Å². The van der Waals surface area contributed by atoms with E-state index in [1.807, 2.05) is 24.4 Å². The van der Waals surface area contributed by atoms with Crippen molar-refractivity contribution in [1.29, 1.82) is 0 Å². The highest BCUT2D eigenvalue weighted by molar-refractivity contribution is 5.55. The molecule has 0 amide bonds. The van der Waals surface area contributed by atoms with Gasteiger partial charge in [0.1, 0.15) is 0 Å². The van der Waals surface area contributed by atoms with Gasteiger partial charge in [0.2, 0.25) is 0 Å². The lowest BCUT2D eigenvalue weighted by molar-refractivity contribution is 0.0516. The first kappa shape index (κ1) is 12.9. The zero-order chi connectivity index (χ0) is 14.3. The maximum Gasteiger partial charge on any atom is 0.159 e. The molecule has 108 valence electrons. The Hall–Kier alpha value is -1.78. The van der Waals surface area contributed by atoms with Crippen molar-refractivity contribution in [2.24, 2.45) is 0 Å². The quantitative estimate of drug-likeness (QED) is 0.803. The molecule has 1 aromatic heterocycles. The number of likely N-dealkylation sites (N-methyl/N-ethyl adjacent to an activating group) is 1. The first-order valence-corrected chi connectivity index (χ1v) is 7.45. The van der Waals surface area contributed by atoms with Gasteiger partial charge in [0.15, 0.2) is 5.82 Å². The van der Waals surface area contributed by atoms with Crippen LogP contribution in [-0.2, 0) is 16.8 Å². The fourth-order valence-corrected chi connectivity index (χ4v) is 3.51. The molecule has 1 unspecified atom stereocenters. The smallest absolute Gasteiger partial charge is 0.159 e. The number of ether oxygens (including phenoxy) is 1. The predicted octanol–water partition coefficient (Wildman–Crippen LogP) is 2.25. The number of hydrogen-bond donors (Lipinski definition) is 0. The van der Waals surface area contributed by atoms with E-state index in [9.17, 15) is 0 Å². The van der Waals surface area contributed by atoms with Crippen molar-refractivity contribution in [2.45, 2.75) is 18.4 Å². The molecule has 0 bridgehead atoms. The zero-order valence-corrected chi connectivity index (χ0v) is 12.2. The van der Waals surface area contributed by atoms with Crippen LogP contribution in [0.1, 0.15) is 17.7 Å². The highest BCUT2D eigenvalue weighted by atomic mass is 16.5. The molecule has 21 heavy (non-hydrogen) atoms. The van der Waals surface area contributed by atoms with Crippen molar-refractivity contribution < 1.29 is 4.74 Å². The minimum atomic E-state index is 0.0504. The normalized spacial score (nSPS) is 25.2. The average Bonchev–Trinajstić information content (AvgIpc) is 2.90. The minimum Gasteiger partial charge on any atom is -0.376 e. The Labute approximate surface area is 124 Å². The Morgan fingerprint density at radius 2 is 2.10 bits per heavy atom. The summed E-state index contributed by atoms with van der Waals surface area (Å²) in [4.78, 5) is 11.8. The van der Waals surface area contributed by atoms with Crippen LogP contribution in [0.5, 0.6) is 0 Å². The molecule has 1 aromatic carbocycles. The van der Waals surface area contributed by atoms with Crippen molar-refractivity contribution in [2.75, 3.05) is 26.7 Å². The fourth-order valence-electron chi connectivity index (χ4n) is 3.51. The van der Waals surface area contributed by atoms with Crippen molar-refractivity contribution in [3.63, 3.8) is 0 Å². The molecular formula is C17H19N3O. The predicted molar refractivity (Wildman–Crippen MR) is 80.9 cm³/mol. The molecule has 0 N–H and O–H groups in total. The molecule has 0 aliphatic carbocycles. The van der Waals surface area contributed by atoms with Gasteiger partial charge < -0.3 is 9.64 Å². The second-order valence-corrected chi connectivity index (χ2v) is 6.19. The summed E-state index contributed by atoms with van der Waals surface area (Å²) in [5.41, 5.74) is 3.48. The molecule has 1 spiro atoms. The summed E-state index contributed by atoms with van der Waals surface area (Å²) in [6, 6.07) is 10.2. The van der Waals surface area contributed by atoms with E-state index in [4.69, 9.17) is 9.72 Å². The summed E-state index contributed by atoms with van der Waals surface area (Å²) in [5.74, 6) is 0.824. The van der Waals surface area contributed by atoms with Gasteiger partial charge in [-0.3, -0.25) is 0 Å². The molecule has 2 aliphatic rings. The third-order valence-corrected chi connectivity index (χ3v) is 4.58. The second-order valence-electron chi connectivity index (χ2n) is 6.19. The topological polar surface area (TPSA) is 38.2 Å². The van der Waals surface area contributed by atoms with Gasteiger partial charge in [-0.2, -0.15) is 0 Å². The maximum atomic E-state index is 5.82. The van der Waals surface area contributed by atoms with E-state index in [2.05, 4.69) is 29.1 Å². The number of fused-ring (bicyclic) bond motifs is 2. The number of likely N-dealkylation sites (tertiary alicyclic amines) is 1. The average molecular weight is 281 g/mol. The zero-order valence-electron chi connectivity index (χ0n) is 12.2. The SMILES string of the molecule is CN1CCC2(COCc3cnc(-c4ccccc4)nc32)C1. The van der Waals surface area contributed by atoms with Crippen LogP contribution < -0.4 is 0 Å². The van der Waals surface area contributed by atoms with Gasteiger partial charge in [-0.05, 0) is 20.0 Å². The molecule has 2 aromatic rings. The van der Waals surface area contributed by atoms with Crippen LogP contribution in [0.25, 0.3) is 11.4 Å². The largest absolute Gasteiger partial charge is 0.376 e. The Bertz CT molecular complexity index is 658. The van der Waals surface area contributed by atoms with E-state index in [0.29, 0.717) is 6.61 Å². The number of nitrogens with zero attached hydrogens (tertiary/aromatic N) is 3. The maximum absolute atomic E-state index is 5.82. The third kappa shape index (κ3) is 2.15. The Morgan fingerprint density at radius 1 is 1.24 bits per heavy atom. The van der Waals surface area contributed by atoms with Gasteiger partial charge in [0, 0.05) is 23.9 Å². The number of rotatable bonds is 1. The Kier molecular flexibility index (Phi) is 3.01. The van der Waals surface area contributed by atoms with E-state index in [-0.39, 0.29) is 5.41 Å². The van der Waals surface area contributed by atoms with Crippen LogP contribution in [-0.4, -0.2) is 41.6 Å². The summed E-state index contributed by atoms with van der Waals surface area (Å²) in [5, 5.41) is 0. The summed E-state index contributed by atoms with van der Waals surface area (Å²) in [6.45, 7) is 3.53. The van der Waals surface area contributed by atoms with Crippen molar-refractivity contribution in [3.05, 3.63) is 47.8 Å². The first-order chi connectivity index (χ1) is 10.3. The van der Waals surface area contributed by atoms with E-state index in [1.54, 1.807) is 0 Å². The first-order valence-electron chi connectivity index (χ1n) is 7.45. The lowest BCUT2D eigenvalue weighted by Crippen LogP contribution is -2.40. The molecule has 4 heteroatoms. The fraction of sp³-hybridized carbons (Fsp3) is 0.412. The molecule has 1 fully saturated rings. The summed E-state index contributed by atoms with van der Waals surface area (Å²) in [7, 11) is 2.17. The highest BCUT2D eigenvalue weighted by Gasteiger charge is 2.43. The second kappa shape index (κ2) is 4.90. The highest BCUT2D eigenvalue weighted by Crippen LogP contribution is 2.38. The van der Waals surface area contributed by atoms with E-state index in [1.165, 1.54) is 5.69 Å². The monoisotopic (exact) mass is 281 g/mol. The van der Waals surface area contributed by atoms with Crippen LogP contribution in [0.4, 0.5) is 0 Å². The van der Waals surface area contributed by atoms with Gasteiger partial charge in [0.25, 0.3) is 0 Å². The Morgan fingerprint density at radius 3 is 2.86 bits per heavy atom. The lowest BCUT2D eigenvalue weighted by Gasteiger charge is -2.34. The van der Waals surface area contributed by atoms with Crippen LogP contribution in [0.15, 0.2) is 36.5 Å². The van der Waals surface area contributed by atoms with Gasteiger partial charge in [-0.25, -0.2) is 9.97 Å². The van der Waals surface area contributed by atoms with E-state index >= 15 is 0 Å². The van der Waals surface area contributed by atoms with Crippen LogP contribution in [0.3, 0.4) is 0 Å². The molecule has 0 saturated carbocycles. The number of benzene rings is 1. The molecule has 0 radical (unpaired) electrons. The van der Waals surface area contributed by atoms with Crippen molar-refractivity contribution in [1.82, 2.24) is 14.9 Å². The van der Waals surface area contributed by atoms with Crippen molar-refractivity contribution in [3.8, 4) is 11.4 Å². The third-order valence-electron chi connectivity index (χ3n) is 4.58. The van der Waals surface area contributed by atoms with Crippen molar-refractivity contribution >= 4 is 0 Å². The van der Waals surface area contributed by atoms with E-state index in [0.717, 1.165) is 43.1 Å². The van der Waals surface area contributed by atoms with Gasteiger partial charge in [0.05, 0.1) is 24.3 Å².